The summed E-state index contributed by atoms with van der Waals surface area (Å²) in [5, 5.41) is 3.51. The molecule has 1 aliphatic rings. The molecule has 1 aromatic heterocycles. The number of hydrogen-bond acceptors (Lipinski definition) is 4. The van der Waals surface area contributed by atoms with Crippen LogP contribution in [0.5, 0.6) is 0 Å². The second-order valence-electron chi connectivity index (χ2n) is 4.43. The first-order valence-corrected chi connectivity index (χ1v) is 6.49. The number of thiazole rings is 1. The lowest BCUT2D eigenvalue weighted by atomic mass is 10.1. The zero-order valence-corrected chi connectivity index (χ0v) is 10.0. The Bertz CT molecular complexity index is 311. The predicted octanol–water partition coefficient (Wildman–Crippen LogP) is 1.67. The highest BCUT2D eigenvalue weighted by Gasteiger charge is 2.20. The van der Waals surface area contributed by atoms with Crippen LogP contribution in [0, 0.1) is 12.8 Å². The third-order valence-electron chi connectivity index (χ3n) is 3.15. The lowest BCUT2D eigenvalue weighted by Gasteiger charge is -2.10. The molecule has 0 saturated heterocycles. The van der Waals surface area contributed by atoms with Gasteiger partial charge in [0, 0.05) is 17.5 Å². The molecule has 0 aliphatic heterocycles. The van der Waals surface area contributed by atoms with Crippen molar-refractivity contribution in [1.82, 2.24) is 10.3 Å². The highest BCUT2D eigenvalue weighted by atomic mass is 32.1. The average Bonchev–Trinajstić information content (AvgIpc) is 2.77. The van der Waals surface area contributed by atoms with Crippen molar-refractivity contribution in [3.8, 4) is 0 Å². The number of aryl methyl sites for hydroxylation is 1. The van der Waals surface area contributed by atoms with Gasteiger partial charge in [0.05, 0.1) is 11.2 Å². The van der Waals surface area contributed by atoms with Gasteiger partial charge in [-0.1, -0.05) is 0 Å². The predicted molar refractivity (Wildman–Crippen MR) is 63.9 cm³/mol. The molecule has 4 heteroatoms. The van der Waals surface area contributed by atoms with Crippen LogP contribution in [0.25, 0.3) is 0 Å². The van der Waals surface area contributed by atoms with Crippen LogP contribution in [0.15, 0.2) is 5.51 Å². The molecule has 2 unspecified atom stereocenters. The Kier molecular flexibility index (Phi) is 3.72. The molecule has 1 aromatic rings. The summed E-state index contributed by atoms with van der Waals surface area (Å²) in [6.07, 6.45) is 3.68. The molecular weight excluding hydrogens is 206 g/mol. The Hall–Kier alpha value is -0.450. The van der Waals surface area contributed by atoms with Gasteiger partial charge >= 0.3 is 0 Å². The normalized spacial score (nSPS) is 26.0. The van der Waals surface area contributed by atoms with E-state index in [1.54, 1.807) is 11.3 Å². The average molecular weight is 225 g/mol. The first-order valence-electron chi connectivity index (χ1n) is 5.61. The first-order chi connectivity index (χ1) is 7.25. The van der Waals surface area contributed by atoms with Crippen molar-refractivity contribution in [3.63, 3.8) is 0 Å². The summed E-state index contributed by atoms with van der Waals surface area (Å²) in [4.78, 5) is 5.60. The van der Waals surface area contributed by atoms with Gasteiger partial charge in [-0.2, -0.15) is 0 Å². The van der Waals surface area contributed by atoms with Gasteiger partial charge in [-0.05, 0) is 38.6 Å². The molecule has 0 bridgehead atoms. The molecule has 2 rings (SSSR count). The van der Waals surface area contributed by atoms with Crippen molar-refractivity contribution in [2.24, 2.45) is 11.7 Å². The molecule has 1 heterocycles. The summed E-state index contributed by atoms with van der Waals surface area (Å²) < 4.78 is 0. The van der Waals surface area contributed by atoms with E-state index in [4.69, 9.17) is 5.73 Å². The molecule has 2 atom stereocenters. The standard InChI is InChI=1S/C11H19N3S/c1-8-11(15-7-14-8)6-13-5-9-2-3-10(12)4-9/h7,9-10,13H,2-6,12H2,1H3. The fourth-order valence-electron chi connectivity index (χ4n) is 2.18. The van der Waals surface area contributed by atoms with Gasteiger partial charge in [0.1, 0.15) is 0 Å². The monoisotopic (exact) mass is 225 g/mol. The lowest BCUT2D eigenvalue weighted by Crippen LogP contribution is -2.22. The topological polar surface area (TPSA) is 50.9 Å². The van der Waals surface area contributed by atoms with Crippen LogP contribution in [-0.2, 0) is 6.54 Å². The Morgan fingerprint density at radius 2 is 2.47 bits per heavy atom. The quantitative estimate of drug-likeness (QED) is 0.819. The SMILES string of the molecule is Cc1ncsc1CNCC1CCC(N)C1. The van der Waals surface area contributed by atoms with E-state index in [-0.39, 0.29) is 0 Å². The third-order valence-corrected chi connectivity index (χ3v) is 4.08. The molecule has 0 aromatic carbocycles. The van der Waals surface area contributed by atoms with E-state index in [1.807, 2.05) is 5.51 Å². The van der Waals surface area contributed by atoms with Crippen molar-refractivity contribution in [3.05, 3.63) is 16.1 Å². The molecule has 1 saturated carbocycles. The minimum atomic E-state index is 0.446. The van der Waals surface area contributed by atoms with Crippen LogP contribution < -0.4 is 11.1 Å². The number of rotatable bonds is 4. The number of aromatic nitrogens is 1. The van der Waals surface area contributed by atoms with E-state index >= 15 is 0 Å². The molecule has 0 spiro atoms. The summed E-state index contributed by atoms with van der Waals surface area (Å²) >= 11 is 1.73. The fourth-order valence-corrected chi connectivity index (χ4v) is 2.93. The molecule has 0 radical (unpaired) electrons. The summed E-state index contributed by atoms with van der Waals surface area (Å²) in [5.74, 6) is 0.785. The van der Waals surface area contributed by atoms with Crippen molar-refractivity contribution < 1.29 is 0 Å². The minimum absolute atomic E-state index is 0.446. The Morgan fingerprint density at radius 3 is 3.07 bits per heavy atom. The van der Waals surface area contributed by atoms with Crippen molar-refractivity contribution in [2.45, 2.75) is 38.8 Å². The summed E-state index contributed by atoms with van der Waals surface area (Å²) in [5.41, 5.74) is 8.96. The van der Waals surface area contributed by atoms with Gasteiger partial charge in [0.15, 0.2) is 0 Å². The van der Waals surface area contributed by atoms with Crippen LogP contribution in [0.1, 0.15) is 29.8 Å². The van der Waals surface area contributed by atoms with Gasteiger partial charge in [-0.3, -0.25) is 0 Å². The second kappa shape index (κ2) is 5.05. The van der Waals surface area contributed by atoms with E-state index < -0.39 is 0 Å². The highest BCUT2D eigenvalue weighted by Crippen LogP contribution is 2.23. The largest absolute Gasteiger partial charge is 0.328 e. The first kappa shape index (κ1) is 11.0. The summed E-state index contributed by atoms with van der Waals surface area (Å²) in [6.45, 7) is 4.13. The second-order valence-corrected chi connectivity index (χ2v) is 5.37. The van der Waals surface area contributed by atoms with Gasteiger partial charge in [-0.25, -0.2) is 4.98 Å². The van der Waals surface area contributed by atoms with E-state index in [0.29, 0.717) is 6.04 Å². The molecule has 3 N–H and O–H groups in total. The smallest absolute Gasteiger partial charge is 0.0798 e. The number of nitrogens with zero attached hydrogens (tertiary/aromatic N) is 1. The number of nitrogens with two attached hydrogens (primary N) is 1. The van der Waals surface area contributed by atoms with Crippen LogP contribution in [0.4, 0.5) is 0 Å². The molecular formula is C11H19N3S. The maximum absolute atomic E-state index is 5.88. The Balaban J connectivity index is 1.69. The zero-order chi connectivity index (χ0) is 10.7. The van der Waals surface area contributed by atoms with E-state index in [9.17, 15) is 0 Å². The molecule has 1 fully saturated rings. The molecule has 15 heavy (non-hydrogen) atoms. The van der Waals surface area contributed by atoms with Gasteiger partial charge < -0.3 is 11.1 Å². The van der Waals surface area contributed by atoms with E-state index in [1.165, 1.54) is 24.1 Å². The Morgan fingerprint density at radius 1 is 1.60 bits per heavy atom. The number of nitrogens with one attached hydrogen (secondary N) is 1. The maximum Gasteiger partial charge on any atom is 0.0798 e. The maximum atomic E-state index is 5.88. The fraction of sp³-hybridized carbons (Fsp3) is 0.727. The van der Waals surface area contributed by atoms with Gasteiger partial charge in [0.25, 0.3) is 0 Å². The molecule has 1 aliphatic carbocycles. The van der Waals surface area contributed by atoms with Crippen LogP contribution in [-0.4, -0.2) is 17.6 Å². The minimum Gasteiger partial charge on any atom is -0.328 e. The van der Waals surface area contributed by atoms with Crippen molar-refractivity contribution in [2.75, 3.05) is 6.54 Å². The van der Waals surface area contributed by atoms with Crippen LogP contribution >= 0.6 is 11.3 Å². The molecule has 3 nitrogen and oxygen atoms in total. The molecule has 84 valence electrons. The lowest BCUT2D eigenvalue weighted by molar-refractivity contribution is 0.483. The van der Waals surface area contributed by atoms with Crippen molar-refractivity contribution >= 4 is 11.3 Å². The van der Waals surface area contributed by atoms with E-state index in [2.05, 4.69) is 17.2 Å². The summed E-state index contributed by atoms with van der Waals surface area (Å²) in [7, 11) is 0. The zero-order valence-electron chi connectivity index (χ0n) is 9.20. The van der Waals surface area contributed by atoms with Gasteiger partial charge in [0.2, 0.25) is 0 Å². The van der Waals surface area contributed by atoms with E-state index in [0.717, 1.165) is 24.7 Å². The summed E-state index contributed by atoms with van der Waals surface area (Å²) in [6, 6.07) is 0.446. The van der Waals surface area contributed by atoms with Gasteiger partial charge in [-0.15, -0.1) is 11.3 Å². The number of hydrogen-bond donors (Lipinski definition) is 2. The third kappa shape index (κ3) is 3.00. The molecule has 0 amide bonds. The Labute approximate surface area is 95.1 Å². The van der Waals surface area contributed by atoms with Crippen LogP contribution in [0.2, 0.25) is 0 Å². The van der Waals surface area contributed by atoms with Crippen molar-refractivity contribution in [1.29, 1.82) is 0 Å². The van der Waals surface area contributed by atoms with Crippen LogP contribution in [0.3, 0.4) is 0 Å². The highest BCUT2D eigenvalue weighted by molar-refractivity contribution is 7.09.